The molecule has 5 heteroatoms. The third-order valence-electron chi connectivity index (χ3n) is 4.71. The lowest BCUT2D eigenvalue weighted by Crippen LogP contribution is -2.39. The van der Waals surface area contributed by atoms with Crippen molar-refractivity contribution in [3.63, 3.8) is 0 Å². The highest BCUT2D eigenvalue weighted by Crippen LogP contribution is 2.32. The van der Waals surface area contributed by atoms with Crippen LogP contribution in [0.3, 0.4) is 0 Å². The molecule has 1 aliphatic heterocycles. The van der Waals surface area contributed by atoms with Crippen LogP contribution < -0.4 is 0 Å². The molecule has 3 rings (SSSR count). The average molecular weight is 359 g/mol. The number of aromatic hydroxyl groups is 1. The number of phenolic OH excluding ortho intramolecular Hbond substituents is 1. The molecule has 2 aromatic rings. The molecule has 1 aliphatic rings. The first kappa shape index (κ1) is 17.8. The van der Waals surface area contributed by atoms with E-state index in [1.54, 1.807) is 36.4 Å². The van der Waals surface area contributed by atoms with E-state index in [9.17, 15) is 14.3 Å². The van der Waals surface area contributed by atoms with Gasteiger partial charge in [-0.05, 0) is 54.5 Å². The summed E-state index contributed by atoms with van der Waals surface area (Å²) in [7, 11) is 0. The molecular formula is C20H22FNO2S. The van der Waals surface area contributed by atoms with Crippen molar-refractivity contribution in [2.45, 2.75) is 12.8 Å². The summed E-state index contributed by atoms with van der Waals surface area (Å²) in [4.78, 5) is 14.7. The van der Waals surface area contributed by atoms with E-state index in [1.165, 1.54) is 6.07 Å². The van der Waals surface area contributed by atoms with Crippen molar-refractivity contribution in [2.24, 2.45) is 5.92 Å². The molecule has 0 unspecified atom stereocenters. The number of amides is 1. The van der Waals surface area contributed by atoms with Gasteiger partial charge in [0.15, 0.2) is 11.6 Å². The minimum atomic E-state index is -0.662. The number of hydrogen-bond donors (Lipinski definition) is 1. The first-order valence-electron chi connectivity index (χ1n) is 8.46. The van der Waals surface area contributed by atoms with E-state index in [0.29, 0.717) is 22.6 Å². The largest absolute Gasteiger partial charge is 0.504 e. The van der Waals surface area contributed by atoms with E-state index >= 15 is 0 Å². The molecule has 3 nitrogen and oxygen atoms in total. The maximum atomic E-state index is 13.6. The van der Waals surface area contributed by atoms with Crippen LogP contribution in [0, 0.1) is 11.7 Å². The van der Waals surface area contributed by atoms with E-state index in [0.717, 1.165) is 31.7 Å². The number of benzene rings is 2. The Kier molecular flexibility index (Phi) is 5.63. The Bertz CT molecular complexity index is 757. The summed E-state index contributed by atoms with van der Waals surface area (Å²) in [5, 5.41) is 9.94. The Morgan fingerprint density at radius 2 is 1.96 bits per heavy atom. The number of rotatable bonds is 4. The Labute approximate surface area is 151 Å². The predicted octanol–water partition coefficient (Wildman–Crippen LogP) is 4.41. The summed E-state index contributed by atoms with van der Waals surface area (Å²) >= 11 is 1.86. The molecule has 1 fully saturated rings. The van der Waals surface area contributed by atoms with Gasteiger partial charge in [0.1, 0.15) is 0 Å². The van der Waals surface area contributed by atoms with Crippen molar-refractivity contribution < 1.29 is 14.3 Å². The standard InChI is InChI=1S/C20H22FNO2S/c1-25-13-14-8-10-22(11-9-14)20(24)16-5-2-4-15(12-16)17-6-3-7-18(21)19(17)23/h2-7,12,14,23H,8-11,13H2,1H3. The van der Waals surface area contributed by atoms with E-state index in [1.807, 2.05) is 16.7 Å². The third-order valence-corrected chi connectivity index (χ3v) is 5.52. The van der Waals surface area contributed by atoms with Crippen molar-refractivity contribution in [2.75, 3.05) is 25.1 Å². The lowest BCUT2D eigenvalue weighted by molar-refractivity contribution is 0.0698. The third kappa shape index (κ3) is 3.98. The highest BCUT2D eigenvalue weighted by Gasteiger charge is 2.23. The number of piperidine rings is 1. The van der Waals surface area contributed by atoms with Crippen molar-refractivity contribution in [1.29, 1.82) is 0 Å². The number of nitrogens with zero attached hydrogens (tertiary/aromatic N) is 1. The van der Waals surface area contributed by atoms with E-state index in [-0.39, 0.29) is 11.7 Å². The monoisotopic (exact) mass is 359 g/mol. The molecule has 0 bridgehead atoms. The van der Waals surface area contributed by atoms with E-state index in [4.69, 9.17) is 0 Å². The highest BCUT2D eigenvalue weighted by atomic mass is 32.2. The Hall–Kier alpha value is -2.01. The smallest absolute Gasteiger partial charge is 0.253 e. The summed E-state index contributed by atoms with van der Waals surface area (Å²) in [6.45, 7) is 1.55. The van der Waals surface area contributed by atoms with Crippen molar-refractivity contribution in [3.05, 3.63) is 53.8 Å². The maximum Gasteiger partial charge on any atom is 0.253 e. The van der Waals surface area contributed by atoms with Crippen LogP contribution in [-0.2, 0) is 0 Å². The molecule has 0 aliphatic carbocycles. The second kappa shape index (κ2) is 7.91. The normalized spacial score (nSPS) is 15.4. The molecule has 0 atom stereocenters. The summed E-state index contributed by atoms with van der Waals surface area (Å²) in [6.07, 6.45) is 4.19. The zero-order valence-corrected chi connectivity index (χ0v) is 15.1. The van der Waals surface area contributed by atoms with Crippen molar-refractivity contribution in [3.8, 4) is 16.9 Å². The summed E-state index contributed by atoms with van der Waals surface area (Å²) in [5.74, 6) is 0.793. The van der Waals surface area contributed by atoms with Crippen LogP contribution in [0.4, 0.5) is 4.39 Å². The summed E-state index contributed by atoms with van der Waals surface area (Å²) < 4.78 is 13.6. The van der Waals surface area contributed by atoms with Gasteiger partial charge in [-0.15, -0.1) is 0 Å². The molecule has 1 N–H and O–H groups in total. The van der Waals surface area contributed by atoms with Gasteiger partial charge in [-0.25, -0.2) is 4.39 Å². The summed E-state index contributed by atoms with van der Waals surface area (Å²) in [6, 6.07) is 11.5. The highest BCUT2D eigenvalue weighted by molar-refractivity contribution is 7.98. The van der Waals surface area contributed by atoms with Crippen LogP contribution in [0.5, 0.6) is 5.75 Å². The van der Waals surface area contributed by atoms with Crippen LogP contribution in [0.15, 0.2) is 42.5 Å². The van der Waals surface area contributed by atoms with Crippen LogP contribution >= 0.6 is 11.8 Å². The van der Waals surface area contributed by atoms with Gasteiger partial charge in [0.05, 0.1) is 0 Å². The van der Waals surface area contributed by atoms with Gasteiger partial charge in [-0.1, -0.05) is 24.3 Å². The first-order chi connectivity index (χ1) is 12.1. The number of phenols is 1. The topological polar surface area (TPSA) is 40.5 Å². The molecular weight excluding hydrogens is 337 g/mol. The van der Waals surface area contributed by atoms with Crippen LogP contribution in [-0.4, -0.2) is 41.0 Å². The molecule has 1 heterocycles. The SMILES string of the molecule is CSCC1CCN(C(=O)c2cccc(-c3cccc(F)c3O)c2)CC1. The number of hydrogen-bond acceptors (Lipinski definition) is 3. The van der Waals surface area contributed by atoms with Gasteiger partial charge in [-0.2, -0.15) is 11.8 Å². The van der Waals surface area contributed by atoms with Gasteiger partial charge in [0, 0.05) is 24.2 Å². The number of thioether (sulfide) groups is 1. The predicted molar refractivity (Wildman–Crippen MR) is 101 cm³/mol. The molecule has 0 saturated carbocycles. The number of para-hydroxylation sites is 1. The maximum absolute atomic E-state index is 13.6. The van der Waals surface area contributed by atoms with Crippen LogP contribution in [0.2, 0.25) is 0 Å². The van der Waals surface area contributed by atoms with Gasteiger partial charge in [0.25, 0.3) is 5.91 Å². The molecule has 1 saturated heterocycles. The van der Waals surface area contributed by atoms with E-state index < -0.39 is 5.82 Å². The average Bonchev–Trinajstić information content (AvgIpc) is 2.64. The molecule has 0 spiro atoms. The number of likely N-dealkylation sites (tertiary alicyclic amines) is 1. The van der Waals surface area contributed by atoms with E-state index in [2.05, 4.69) is 6.26 Å². The zero-order chi connectivity index (χ0) is 17.8. The quantitative estimate of drug-likeness (QED) is 0.879. The summed E-state index contributed by atoms with van der Waals surface area (Å²) in [5.41, 5.74) is 1.61. The minimum Gasteiger partial charge on any atom is -0.504 e. The Morgan fingerprint density at radius 3 is 2.68 bits per heavy atom. The molecule has 25 heavy (non-hydrogen) atoms. The Morgan fingerprint density at radius 1 is 1.24 bits per heavy atom. The molecule has 2 aromatic carbocycles. The van der Waals surface area contributed by atoms with Crippen LogP contribution in [0.1, 0.15) is 23.2 Å². The molecule has 132 valence electrons. The lowest BCUT2D eigenvalue weighted by atomic mass is 9.97. The second-order valence-corrected chi connectivity index (χ2v) is 7.32. The van der Waals surface area contributed by atoms with Gasteiger partial charge in [0.2, 0.25) is 0 Å². The first-order valence-corrected chi connectivity index (χ1v) is 9.85. The zero-order valence-electron chi connectivity index (χ0n) is 14.2. The minimum absolute atomic E-state index is 0.000319. The number of carbonyl (C=O) groups is 1. The molecule has 1 amide bonds. The fraction of sp³-hybridized carbons (Fsp3) is 0.350. The fourth-order valence-corrected chi connectivity index (χ4v) is 4.09. The fourth-order valence-electron chi connectivity index (χ4n) is 3.29. The molecule has 0 radical (unpaired) electrons. The Balaban J connectivity index is 1.78. The van der Waals surface area contributed by atoms with Gasteiger partial charge in [-0.3, -0.25) is 4.79 Å². The molecule has 0 aromatic heterocycles. The van der Waals surface area contributed by atoms with Crippen molar-refractivity contribution >= 4 is 17.7 Å². The van der Waals surface area contributed by atoms with Gasteiger partial charge >= 0.3 is 0 Å². The second-order valence-electron chi connectivity index (χ2n) is 6.41. The number of halogens is 1. The van der Waals surface area contributed by atoms with Crippen LogP contribution in [0.25, 0.3) is 11.1 Å². The van der Waals surface area contributed by atoms with Gasteiger partial charge < -0.3 is 10.0 Å². The van der Waals surface area contributed by atoms with Crippen molar-refractivity contribution in [1.82, 2.24) is 4.90 Å². The number of carbonyl (C=O) groups excluding carboxylic acids is 1. The lowest BCUT2D eigenvalue weighted by Gasteiger charge is -2.31.